The fraction of sp³-hybridized carbons (Fsp3) is 0.182. The van der Waals surface area contributed by atoms with Crippen molar-refractivity contribution in [3.05, 3.63) is 39.0 Å². The lowest BCUT2D eigenvalue weighted by molar-refractivity contribution is 1.35. The Morgan fingerprint density at radius 2 is 2.00 bits per heavy atom. The van der Waals surface area contributed by atoms with E-state index in [1.165, 1.54) is 11.1 Å². The van der Waals surface area contributed by atoms with E-state index in [0.717, 1.165) is 15.4 Å². The van der Waals surface area contributed by atoms with Crippen molar-refractivity contribution in [2.24, 2.45) is 0 Å². The number of pyridine rings is 1. The van der Waals surface area contributed by atoms with Crippen LogP contribution in [0.1, 0.15) is 11.1 Å². The van der Waals surface area contributed by atoms with Crippen LogP contribution in [-0.2, 0) is 0 Å². The molecule has 14 heavy (non-hydrogen) atoms. The number of benzene rings is 1. The summed E-state index contributed by atoms with van der Waals surface area (Å²) in [5.74, 6) is 0. The molecule has 0 saturated heterocycles. The van der Waals surface area contributed by atoms with Gasteiger partial charge < -0.3 is 0 Å². The number of aryl methyl sites for hydroxylation is 2. The van der Waals surface area contributed by atoms with Crippen LogP contribution >= 0.6 is 27.5 Å². The molecule has 0 spiro atoms. The Morgan fingerprint density at radius 3 is 2.71 bits per heavy atom. The van der Waals surface area contributed by atoms with Gasteiger partial charge in [0.25, 0.3) is 0 Å². The molecule has 0 unspecified atom stereocenters. The Bertz CT molecular complexity index is 508. The third-order valence-electron chi connectivity index (χ3n) is 2.21. The Hall–Kier alpha value is -0.600. The number of fused-ring (bicyclic) bond motifs is 1. The zero-order valence-corrected chi connectivity index (χ0v) is 10.3. The Labute approximate surface area is 96.2 Å². The normalized spacial score (nSPS) is 10.9. The maximum atomic E-state index is 5.99. The highest BCUT2D eigenvalue weighted by Gasteiger charge is 2.07. The van der Waals surface area contributed by atoms with E-state index in [1.807, 2.05) is 0 Å². The average molecular weight is 271 g/mol. The van der Waals surface area contributed by atoms with Crippen LogP contribution < -0.4 is 0 Å². The minimum Gasteiger partial charge on any atom is -0.255 e. The van der Waals surface area contributed by atoms with Gasteiger partial charge >= 0.3 is 0 Å². The number of hydrogen-bond acceptors (Lipinski definition) is 1. The van der Waals surface area contributed by atoms with Gasteiger partial charge in [-0.15, -0.1) is 0 Å². The van der Waals surface area contributed by atoms with Crippen LogP contribution in [0.3, 0.4) is 0 Å². The lowest BCUT2D eigenvalue weighted by Gasteiger charge is -2.06. The number of aromatic nitrogens is 1. The van der Waals surface area contributed by atoms with Crippen LogP contribution in [0.2, 0.25) is 5.02 Å². The molecular formula is C11H9BrClN. The third kappa shape index (κ3) is 1.53. The predicted octanol–water partition coefficient (Wildman–Crippen LogP) is 4.27. The summed E-state index contributed by atoms with van der Waals surface area (Å²) in [4.78, 5) is 4.30. The van der Waals surface area contributed by atoms with Gasteiger partial charge in [0.2, 0.25) is 0 Å². The summed E-state index contributed by atoms with van der Waals surface area (Å²) in [6, 6.07) is 4.19. The number of nitrogens with zero attached hydrogens (tertiary/aromatic N) is 1. The third-order valence-corrected chi connectivity index (χ3v) is 3.54. The summed E-state index contributed by atoms with van der Waals surface area (Å²) >= 11 is 9.47. The highest BCUT2D eigenvalue weighted by Crippen LogP contribution is 2.32. The first-order valence-corrected chi connectivity index (χ1v) is 5.47. The minimum atomic E-state index is 0.657. The van der Waals surface area contributed by atoms with E-state index in [1.54, 1.807) is 6.20 Å². The molecule has 0 saturated carbocycles. The fourth-order valence-electron chi connectivity index (χ4n) is 1.63. The number of hydrogen-bond donors (Lipinski definition) is 0. The van der Waals surface area contributed by atoms with Crippen LogP contribution in [-0.4, -0.2) is 4.98 Å². The van der Waals surface area contributed by atoms with Crippen molar-refractivity contribution < 1.29 is 0 Å². The predicted molar refractivity (Wildman–Crippen MR) is 63.9 cm³/mol. The van der Waals surface area contributed by atoms with E-state index in [0.29, 0.717) is 5.02 Å². The van der Waals surface area contributed by atoms with Crippen molar-refractivity contribution >= 4 is 38.4 Å². The highest BCUT2D eigenvalue weighted by molar-refractivity contribution is 9.10. The molecule has 0 atom stereocenters. The highest BCUT2D eigenvalue weighted by atomic mass is 79.9. The second kappa shape index (κ2) is 3.52. The minimum absolute atomic E-state index is 0.657. The molecule has 0 amide bonds. The lowest BCUT2D eigenvalue weighted by Crippen LogP contribution is -1.87. The number of rotatable bonds is 0. The molecule has 0 radical (unpaired) electrons. The van der Waals surface area contributed by atoms with Crippen LogP contribution in [0.25, 0.3) is 10.9 Å². The first kappa shape index (κ1) is 9.94. The molecule has 1 aromatic heterocycles. The quantitative estimate of drug-likeness (QED) is 0.697. The zero-order chi connectivity index (χ0) is 10.3. The van der Waals surface area contributed by atoms with Gasteiger partial charge in [0, 0.05) is 16.1 Å². The zero-order valence-electron chi connectivity index (χ0n) is 7.94. The molecule has 1 nitrogen and oxygen atoms in total. The molecule has 0 N–H and O–H groups in total. The summed E-state index contributed by atoms with van der Waals surface area (Å²) in [5, 5.41) is 1.76. The van der Waals surface area contributed by atoms with Crippen LogP contribution in [0, 0.1) is 13.8 Å². The van der Waals surface area contributed by atoms with Crippen molar-refractivity contribution in [3.63, 3.8) is 0 Å². The van der Waals surface area contributed by atoms with Gasteiger partial charge in [-0.3, -0.25) is 4.98 Å². The molecular weight excluding hydrogens is 261 g/mol. The monoisotopic (exact) mass is 269 g/mol. The summed E-state index contributed by atoms with van der Waals surface area (Å²) in [6.45, 7) is 4.13. The Morgan fingerprint density at radius 1 is 1.29 bits per heavy atom. The van der Waals surface area contributed by atoms with Gasteiger partial charge in [0.15, 0.2) is 0 Å². The molecule has 1 aromatic carbocycles. The van der Waals surface area contributed by atoms with Crippen LogP contribution in [0.15, 0.2) is 22.8 Å². The summed E-state index contributed by atoms with van der Waals surface area (Å²) in [7, 11) is 0. The Balaban J connectivity index is 2.95. The molecule has 2 rings (SSSR count). The van der Waals surface area contributed by atoms with E-state index < -0.39 is 0 Å². The maximum Gasteiger partial charge on any atom is 0.0737 e. The molecule has 72 valence electrons. The molecule has 3 heteroatoms. The SMILES string of the molecule is Cc1cc(C)c2c(Br)c(Cl)cnc2c1. The molecule has 0 aliphatic rings. The van der Waals surface area contributed by atoms with E-state index in [2.05, 4.69) is 46.9 Å². The standard InChI is InChI=1S/C11H9BrClN/c1-6-3-7(2)10-9(4-6)14-5-8(13)11(10)12/h3-5H,1-2H3. The van der Waals surface area contributed by atoms with Crippen molar-refractivity contribution in [3.8, 4) is 0 Å². The van der Waals surface area contributed by atoms with E-state index in [-0.39, 0.29) is 0 Å². The van der Waals surface area contributed by atoms with Gasteiger partial charge in [0.05, 0.1) is 10.5 Å². The molecule has 1 heterocycles. The maximum absolute atomic E-state index is 5.99. The largest absolute Gasteiger partial charge is 0.255 e. The van der Waals surface area contributed by atoms with E-state index in [4.69, 9.17) is 11.6 Å². The van der Waals surface area contributed by atoms with E-state index in [9.17, 15) is 0 Å². The van der Waals surface area contributed by atoms with Gasteiger partial charge in [-0.05, 0) is 47.0 Å². The first-order valence-electron chi connectivity index (χ1n) is 4.30. The lowest BCUT2D eigenvalue weighted by atomic mass is 10.1. The average Bonchev–Trinajstić information content (AvgIpc) is 2.10. The van der Waals surface area contributed by atoms with Crippen molar-refractivity contribution in [2.45, 2.75) is 13.8 Å². The van der Waals surface area contributed by atoms with Gasteiger partial charge in [-0.25, -0.2) is 0 Å². The molecule has 0 aliphatic heterocycles. The van der Waals surface area contributed by atoms with Crippen LogP contribution in [0.5, 0.6) is 0 Å². The van der Waals surface area contributed by atoms with Crippen molar-refractivity contribution in [2.75, 3.05) is 0 Å². The fourth-order valence-corrected chi connectivity index (χ4v) is 2.40. The van der Waals surface area contributed by atoms with Crippen molar-refractivity contribution in [1.29, 1.82) is 0 Å². The smallest absolute Gasteiger partial charge is 0.0737 e. The summed E-state index contributed by atoms with van der Waals surface area (Å²) in [6.07, 6.45) is 1.67. The molecule has 0 bridgehead atoms. The van der Waals surface area contributed by atoms with Gasteiger partial charge in [-0.2, -0.15) is 0 Å². The van der Waals surface area contributed by atoms with Crippen molar-refractivity contribution in [1.82, 2.24) is 4.98 Å². The summed E-state index contributed by atoms with van der Waals surface area (Å²) in [5.41, 5.74) is 3.40. The molecule has 2 aromatic rings. The second-order valence-corrected chi connectivity index (χ2v) is 4.60. The number of halogens is 2. The van der Waals surface area contributed by atoms with Gasteiger partial charge in [0.1, 0.15) is 0 Å². The van der Waals surface area contributed by atoms with E-state index >= 15 is 0 Å². The Kier molecular flexibility index (Phi) is 2.50. The van der Waals surface area contributed by atoms with Gasteiger partial charge in [-0.1, -0.05) is 17.7 Å². The first-order chi connectivity index (χ1) is 6.59. The topological polar surface area (TPSA) is 12.9 Å². The second-order valence-electron chi connectivity index (χ2n) is 3.40. The molecule has 0 fully saturated rings. The van der Waals surface area contributed by atoms with Crippen LogP contribution in [0.4, 0.5) is 0 Å². The molecule has 0 aliphatic carbocycles. The summed E-state index contributed by atoms with van der Waals surface area (Å²) < 4.78 is 0.932.